The first-order chi connectivity index (χ1) is 15.0. The molecule has 0 amide bonds. The molecule has 0 fully saturated rings. The van der Waals surface area contributed by atoms with Crippen LogP contribution in [0.4, 0.5) is 0 Å². The summed E-state index contributed by atoms with van der Waals surface area (Å²) in [4.78, 5) is 31.1. The van der Waals surface area contributed by atoms with Gasteiger partial charge in [-0.15, -0.1) is 22.7 Å². The molecule has 0 spiro atoms. The smallest absolute Gasteiger partial charge is 0.348 e. The summed E-state index contributed by atoms with van der Waals surface area (Å²) in [6.45, 7) is 4.57. The second kappa shape index (κ2) is 7.75. The van der Waals surface area contributed by atoms with Gasteiger partial charge >= 0.3 is 5.97 Å². The highest BCUT2D eigenvalue weighted by Crippen LogP contribution is 2.29. The lowest BCUT2D eigenvalue weighted by Crippen LogP contribution is -2.14. The maximum absolute atomic E-state index is 12.7. The largest absolute Gasteiger partial charge is 0.455 e. The molecule has 0 saturated heterocycles. The number of aryl methyl sites for hydroxylation is 2. The summed E-state index contributed by atoms with van der Waals surface area (Å²) in [5.74, 6) is -0.435. The van der Waals surface area contributed by atoms with Gasteiger partial charge in [0.1, 0.15) is 16.3 Å². The molecule has 0 unspecified atom stereocenters. The lowest BCUT2D eigenvalue weighted by Gasteiger charge is -2.04. The van der Waals surface area contributed by atoms with Crippen molar-refractivity contribution in [3.63, 3.8) is 0 Å². The molecule has 7 nitrogen and oxygen atoms in total. The van der Waals surface area contributed by atoms with Crippen molar-refractivity contribution in [2.75, 3.05) is 0 Å². The molecule has 0 bridgehead atoms. The number of benzene rings is 1. The third-order valence-corrected chi connectivity index (χ3v) is 6.85. The third-order valence-electron chi connectivity index (χ3n) is 4.97. The molecular formula is C22H18N4O3S2. The van der Waals surface area contributed by atoms with Gasteiger partial charge in [-0.25, -0.2) is 9.78 Å². The highest BCUT2D eigenvalue weighted by atomic mass is 32.1. The number of nitrogens with zero attached hydrogens (tertiary/aromatic N) is 4. The van der Waals surface area contributed by atoms with Crippen molar-refractivity contribution < 1.29 is 9.53 Å². The van der Waals surface area contributed by atoms with E-state index in [0.29, 0.717) is 22.1 Å². The van der Waals surface area contributed by atoms with Gasteiger partial charge in [-0.2, -0.15) is 5.10 Å². The van der Waals surface area contributed by atoms with E-state index in [-0.39, 0.29) is 12.2 Å². The Morgan fingerprint density at radius 1 is 1.16 bits per heavy atom. The molecule has 31 heavy (non-hydrogen) atoms. The van der Waals surface area contributed by atoms with Crippen LogP contribution >= 0.6 is 22.7 Å². The number of esters is 1. The molecule has 5 aromatic rings. The minimum absolute atomic E-state index is 0.0504. The molecule has 4 heterocycles. The third kappa shape index (κ3) is 3.77. The molecule has 1 aromatic carbocycles. The fourth-order valence-electron chi connectivity index (χ4n) is 3.36. The number of rotatable bonds is 5. The maximum atomic E-state index is 12.7. The molecular weight excluding hydrogens is 432 g/mol. The standard InChI is InChI=1S/C22H18N4O3S2/c1-13-3-5-15(6-4-13)11-26-20-17(14(2)24-26)10-18(31-20)21(28)29-12-16-9-19(27)25-7-8-30-22(25)23-16/h3-10H,11-12H2,1-2H3. The van der Waals surface area contributed by atoms with Crippen LogP contribution in [0.1, 0.15) is 32.2 Å². The van der Waals surface area contributed by atoms with Gasteiger partial charge in [0, 0.05) is 23.0 Å². The number of ether oxygens (including phenoxy) is 1. The average Bonchev–Trinajstić information content (AvgIpc) is 3.46. The van der Waals surface area contributed by atoms with Gasteiger partial charge in [0.2, 0.25) is 0 Å². The molecule has 0 aliphatic carbocycles. The zero-order valence-corrected chi connectivity index (χ0v) is 18.5. The van der Waals surface area contributed by atoms with Crippen molar-refractivity contribution in [3.8, 4) is 0 Å². The minimum atomic E-state index is -0.435. The van der Waals surface area contributed by atoms with Crippen LogP contribution in [0.3, 0.4) is 0 Å². The summed E-state index contributed by atoms with van der Waals surface area (Å²) in [7, 11) is 0. The second-order valence-corrected chi connectivity index (χ2v) is 9.18. The normalized spacial score (nSPS) is 11.4. The summed E-state index contributed by atoms with van der Waals surface area (Å²) >= 11 is 2.72. The van der Waals surface area contributed by atoms with Gasteiger partial charge in [-0.3, -0.25) is 13.9 Å². The fraction of sp³-hybridized carbons (Fsp3) is 0.182. The van der Waals surface area contributed by atoms with Gasteiger partial charge in [0.05, 0.1) is 17.9 Å². The molecule has 0 aliphatic heterocycles. The van der Waals surface area contributed by atoms with Gasteiger partial charge in [-0.05, 0) is 25.5 Å². The van der Waals surface area contributed by atoms with Crippen molar-refractivity contribution >= 4 is 43.8 Å². The van der Waals surface area contributed by atoms with Crippen LogP contribution in [0.2, 0.25) is 0 Å². The Hall–Kier alpha value is -3.30. The first-order valence-electron chi connectivity index (χ1n) is 9.63. The van der Waals surface area contributed by atoms with E-state index in [1.807, 2.05) is 17.7 Å². The Morgan fingerprint density at radius 2 is 1.97 bits per heavy atom. The van der Waals surface area contributed by atoms with Gasteiger partial charge in [0.15, 0.2) is 4.96 Å². The Kier molecular flexibility index (Phi) is 4.91. The molecule has 4 aromatic heterocycles. The van der Waals surface area contributed by atoms with E-state index >= 15 is 0 Å². The van der Waals surface area contributed by atoms with Crippen LogP contribution in [-0.4, -0.2) is 25.1 Å². The van der Waals surface area contributed by atoms with Crippen molar-refractivity contribution in [1.82, 2.24) is 19.2 Å². The number of aromatic nitrogens is 4. The lowest BCUT2D eigenvalue weighted by atomic mass is 10.1. The van der Waals surface area contributed by atoms with Crippen molar-refractivity contribution in [3.05, 3.63) is 85.7 Å². The fourth-order valence-corrected chi connectivity index (χ4v) is 5.15. The molecule has 5 rings (SSSR count). The zero-order chi connectivity index (χ0) is 21.5. The van der Waals surface area contributed by atoms with Crippen LogP contribution in [0.15, 0.2) is 52.8 Å². The topological polar surface area (TPSA) is 78.5 Å². The first-order valence-corrected chi connectivity index (χ1v) is 11.3. The summed E-state index contributed by atoms with van der Waals surface area (Å²) in [5, 5.41) is 7.36. The average molecular weight is 451 g/mol. The quantitative estimate of drug-likeness (QED) is 0.375. The predicted octanol–water partition coefficient (Wildman–Crippen LogP) is 4.19. The van der Waals surface area contributed by atoms with Crippen LogP contribution < -0.4 is 5.56 Å². The highest BCUT2D eigenvalue weighted by Gasteiger charge is 2.18. The molecule has 9 heteroatoms. The summed E-state index contributed by atoms with van der Waals surface area (Å²) in [5.41, 5.74) is 3.47. The van der Waals surface area contributed by atoms with Gasteiger partial charge < -0.3 is 4.74 Å². The Labute approximate surface area is 185 Å². The van der Waals surface area contributed by atoms with Gasteiger partial charge in [0.25, 0.3) is 5.56 Å². The molecule has 156 valence electrons. The lowest BCUT2D eigenvalue weighted by molar-refractivity contribution is 0.0473. The SMILES string of the molecule is Cc1ccc(Cn2nc(C)c3cc(C(=O)OCc4cc(=O)n5ccsc5n4)sc32)cc1. The number of fused-ring (bicyclic) bond motifs is 2. The summed E-state index contributed by atoms with van der Waals surface area (Å²) < 4.78 is 8.82. The monoisotopic (exact) mass is 450 g/mol. The van der Waals surface area contributed by atoms with Crippen LogP contribution in [-0.2, 0) is 17.9 Å². The van der Waals surface area contributed by atoms with E-state index in [2.05, 4.69) is 41.3 Å². The minimum Gasteiger partial charge on any atom is -0.455 e. The molecule has 0 atom stereocenters. The maximum Gasteiger partial charge on any atom is 0.348 e. The summed E-state index contributed by atoms with van der Waals surface area (Å²) in [6.07, 6.45) is 1.67. The zero-order valence-electron chi connectivity index (χ0n) is 16.9. The van der Waals surface area contributed by atoms with Crippen LogP contribution in [0.5, 0.6) is 0 Å². The second-order valence-electron chi connectivity index (χ2n) is 7.28. The van der Waals surface area contributed by atoms with Crippen molar-refractivity contribution in [2.24, 2.45) is 0 Å². The molecule has 0 N–H and O–H groups in total. The number of carbonyl (C=O) groups excluding carboxylic acids is 1. The Bertz CT molecular complexity index is 1470. The number of thiazole rings is 1. The van der Waals surface area contributed by atoms with Crippen LogP contribution in [0.25, 0.3) is 15.2 Å². The Morgan fingerprint density at radius 3 is 2.77 bits per heavy atom. The Balaban J connectivity index is 1.36. The van der Waals surface area contributed by atoms with E-state index in [1.54, 1.807) is 11.6 Å². The molecule has 0 radical (unpaired) electrons. The van der Waals surface area contributed by atoms with E-state index in [9.17, 15) is 9.59 Å². The number of hydrogen-bond acceptors (Lipinski definition) is 7. The van der Waals surface area contributed by atoms with Crippen LogP contribution in [0, 0.1) is 13.8 Å². The van der Waals surface area contributed by atoms with Crippen molar-refractivity contribution in [1.29, 1.82) is 0 Å². The van der Waals surface area contributed by atoms with E-state index in [0.717, 1.165) is 21.5 Å². The molecule has 0 saturated carbocycles. The van der Waals surface area contributed by atoms with Gasteiger partial charge in [-0.1, -0.05) is 29.8 Å². The predicted molar refractivity (Wildman–Crippen MR) is 121 cm³/mol. The van der Waals surface area contributed by atoms with Crippen molar-refractivity contribution in [2.45, 2.75) is 27.0 Å². The number of hydrogen-bond donors (Lipinski definition) is 0. The number of carbonyl (C=O) groups is 1. The summed E-state index contributed by atoms with van der Waals surface area (Å²) in [6, 6.07) is 11.5. The van der Waals surface area contributed by atoms with E-state index in [1.165, 1.54) is 38.7 Å². The van der Waals surface area contributed by atoms with E-state index in [4.69, 9.17) is 4.74 Å². The highest BCUT2D eigenvalue weighted by molar-refractivity contribution is 7.20. The van der Waals surface area contributed by atoms with E-state index < -0.39 is 5.97 Å². The first kappa shape index (κ1) is 19.7. The molecule has 0 aliphatic rings. The number of thiophene rings is 1.